The Hall–Kier alpha value is -1.67. The molecule has 3 heteroatoms. The van der Waals surface area contributed by atoms with Crippen LogP contribution in [-0.4, -0.2) is 5.78 Å². The van der Waals surface area contributed by atoms with Gasteiger partial charge in [-0.15, -0.1) is 0 Å². The Morgan fingerprint density at radius 2 is 1.95 bits per heavy atom. The molecule has 2 aromatic carbocycles. The maximum Gasteiger partial charge on any atom is 0.163 e. The lowest BCUT2D eigenvalue weighted by atomic mass is 9.97. The van der Waals surface area contributed by atoms with E-state index in [9.17, 15) is 9.18 Å². The molecule has 0 saturated carbocycles. The Morgan fingerprint density at radius 1 is 1.20 bits per heavy atom. The van der Waals surface area contributed by atoms with Crippen molar-refractivity contribution < 1.29 is 9.18 Å². The first-order valence-electron chi connectivity index (χ1n) is 6.52. The van der Waals surface area contributed by atoms with Crippen molar-refractivity contribution in [1.29, 1.82) is 0 Å². The fourth-order valence-electron chi connectivity index (χ4n) is 2.14. The third-order valence-electron chi connectivity index (χ3n) is 3.58. The third-order valence-corrected chi connectivity index (χ3v) is 3.89. The second kappa shape index (κ2) is 6.19. The van der Waals surface area contributed by atoms with Gasteiger partial charge in [0.05, 0.1) is 5.02 Å². The lowest BCUT2D eigenvalue weighted by Gasteiger charge is -2.08. The lowest BCUT2D eigenvalue weighted by molar-refractivity contribution is 0.0982. The molecule has 0 amide bonds. The van der Waals surface area contributed by atoms with Crippen LogP contribution in [0.4, 0.5) is 4.39 Å². The minimum atomic E-state index is -0.552. The second-order valence-electron chi connectivity index (χ2n) is 4.91. The van der Waals surface area contributed by atoms with Gasteiger partial charge in [-0.25, -0.2) is 4.39 Å². The fourth-order valence-corrected chi connectivity index (χ4v) is 2.26. The monoisotopic (exact) mass is 290 g/mol. The first kappa shape index (κ1) is 14.7. The van der Waals surface area contributed by atoms with Crippen LogP contribution >= 0.6 is 11.6 Å². The summed E-state index contributed by atoms with van der Waals surface area (Å²) in [7, 11) is 0. The molecule has 0 aromatic heterocycles. The number of aryl methyl sites for hydroxylation is 2. The molecule has 104 valence electrons. The summed E-state index contributed by atoms with van der Waals surface area (Å²) in [6.07, 6.45) is 1.03. The molecule has 0 fully saturated rings. The first-order chi connectivity index (χ1) is 9.49. The van der Waals surface area contributed by atoms with Gasteiger partial charge in [-0.1, -0.05) is 29.8 Å². The van der Waals surface area contributed by atoms with Gasteiger partial charge < -0.3 is 0 Å². The van der Waals surface area contributed by atoms with Gasteiger partial charge in [0.1, 0.15) is 5.82 Å². The molecule has 0 spiro atoms. The highest BCUT2D eigenvalue weighted by molar-refractivity contribution is 6.30. The van der Waals surface area contributed by atoms with Crippen LogP contribution in [0.2, 0.25) is 5.02 Å². The molecule has 0 aliphatic carbocycles. The maximum atomic E-state index is 13.3. The van der Waals surface area contributed by atoms with E-state index in [0.29, 0.717) is 18.4 Å². The number of Topliss-reactive ketones (excluding diaryl/α,β-unsaturated/α-hetero) is 1. The number of carbonyl (C=O) groups is 1. The van der Waals surface area contributed by atoms with E-state index in [2.05, 4.69) is 19.9 Å². The smallest absolute Gasteiger partial charge is 0.163 e. The van der Waals surface area contributed by atoms with Gasteiger partial charge in [0, 0.05) is 12.0 Å². The van der Waals surface area contributed by atoms with Crippen LogP contribution < -0.4 is 0 Å². The van der Waals surface area contributed by atoms with E-state index in [-0.39, 0.29) is 10.8 Å². The normalized spacial score (nSPS) is 10.6. The van der Waals surface area contributed by atoms with Gasteiger partial charge in [0.2, 0.25) is 0 Å². The van der Waals surface area contributed by atoms with Gasteiger partial charge in [-0.2, -0.15) is 0 Å². The summed E-state index contributed by atoms with van der Waals surface area (Å²) in [5, 5.41) is 0.0380. The number of hydrogen-bond acceptors (Lipinski definition) is 1. The lowest BCUT2D eigenvalue weighted by Crippen LogP contribution is -2.03. The summed E-state index contributed by atoms with van der Waals surface area (Å²) in [4.78, 5) is 12.1. The fraction of sp³-hybridized carbons (Fsp3) is 0.235. The number of halogens is 2. The van der Waals surface area contributed by atoms with E-state index in [4.69, 9.17) is 11.6 Å². The van der Waals surface area contributed by atoms with E-state index >= 15 is 0 Å². The highest BCUT2D eigenvalue weighted by Gasteiger charge is 2.10. The molecular weight excluding hydrogens is 275 g/mol. The van der Waals surface area contributed by atoms with Crippen molar-refractivity contribution in [3.8, 4) is 0 Å². The minimum Gasteiger partial charge on any atom is -0.294 e. The number of benzene rings is 2. The largest absolute Gasteiger partial charge is 0.294 e. The molecule has 0 radical (unpaired) electrons. The molecule has 1 nitrogen and oxygen atoms in total. The SMILES string of the molecule is Cc1cccc(CCC(=O)c2ccc(Cl)c(F)c2)c1C. The Bertz CT molecular complexity index is 649. The van der Waals surface area contributed by atoms with Gasteiger partial charge in [-0.3, -0.25) is 4.79 Å². The molecule has 0 saturated heterocycles. The van der Waals surface area contributed by atoms with Crippen molar-refractivity contribution in [2.45, 2.75) is 26.7 Å². The topological polar surface area (TPSA) is 17.1 Å². The van der Waals surface area contributed by atoms with Crippen molar-refractivity contribution in [2.24, 2.45) is 0 Å². The molecular formula is C17H16ClFO. The van der Waals surface area contributed by atoms with Crippen LogP contribution in [0.25, 0.3) is 0 Å². The second-order valence-corrected chi connectivity index (χ2v) is 5.32. The summed E-state index contributed by atoms with van der Waals surface area (Å²) in [6.45, 7) is 4.10. The van der Waals surface area contributed by atoms with E-state index in [1.54, 1.807) is 6.07 Å². The molecule has 0 aliphatic heterocycles. The average molecular weight is 291 g/mol. The quantitative estimate of drug-likeness (QED) is 0.731. The Balaban J connectivity index is 2.08. The summed E-state index contributed by atoms with van der Waals surface area (Å²) < 4.78 is 13.3. The van der Waals surface area contributed by atoms with Crippen LogP contribution in [0.15, 0.2) is 36.4 Å². The first-order valence-corrected chi connectivity index (χ1v) is 6.90. The Kier molecular flexibility index (Phi) is 4.56. The van der Waals surface area contributed by atoms with Crippen molar-refractivity contribution in [3.63, 3.8) is 0 Å². The van der Waals surface area contributed by atoms with E-state index in [0.717, 1.165) is 5.56 Å². The molecule has 20 heavy (non-hydrogen) atoms. The molecule has 0 unspecified atom stereocenters. The number of carbonyl (C=O) groups excluding carboxylic acids is 1. The molecule has 0 N–H and O–H groups in total. The van der Waals surface area contributed by atoms with Crippen LogP contribution in [0.3, 0.4) is 0 Å². The zero-order valence-corrected chi connectivity index (χ0v) is 12.3. The number of hydrogen-bond donors (Lipinski definition) is 0. The van der Waals surface area contributed by atoms with Gasteiger partial charge in [0.15, 0.2) is 5.78 Å². The van der Waals surface area contributed by atoms with Crippen molar-refractivity contribution in [1.82, 2.24) is 0 Å². The molecule has 0 heterocycles. The van der Waals surface area contributed by atoms with E-state index in [1.165, 1.54) is 23.3 Å². The number of ketones is 1. The third kappa shape index (κ3) is 3.26. The molecule has 2 aromatic rings. The minimum absolute atomic E-state index is 0.0380. The van der Waals surface area contributed by atoms with Crippen LogP contribution in [-0.2, 0) is 6.42 Å². The summed E-state index contributed by atoms with van der Waals surface area (Å²) in [5.41, 5.74) is 3.96. The van der Waals surface area contributed by atoms with E-state index in [1.807, 2.05) is 12.1 Å². The predicted molar refractivity (Wildman–Crippen MR) is 80.0 cm³/mol. The number of rotatable bonds is 4. The Labute approximate surface area is 123 Å². The van der Waals surface area contributed by atoms with Crippen molar-refractivity contribution in [3.05, 3.63) is 69.5 Å². The molecule has 0 aliphatic rings. The zero-order chi connectivity index (χ0) is 14.7. The summed E-state index contributed by atoms with van der Waals surface area (Å²) >= 11 is 5.61. The van der Waals surface area contributed by atoms with Gasteiger partial charge >= 0.3 is 0 Å². The maximum absolute atomic E-state index is 13.3. The van der Waals surface area contributed by atoms with Crippen LogP contribution in [0.5, 0.6) is 0 Å². The zero-order valence-electron chi connectivity index (χ0n) is 11.5. The average Bonchev–Trinajstić information content (AvgIpc) is 2.43. The standard InChI is InChI=1S/C17H16ClFO/c1-11-4-3-5-13(12(11)2)7-9-17(20)14-6-8-15(18)16(19)10-14/h3-6,8,10H,7,9H2,1-2H3. The Morgan fingerprint density at radius 3 is 2.65 bits per heavy atom. The van der Waals surface area contributed by atoms with Gasteiger partial charge in [0.25, 0.3) is 0 Å². The van der Waals surface area contributed by atoms with E-state index < -0.39 is 5.82 Å². The molecule has 0 atom stereocenters. The van der Waals surface area contributed by atoms with Crippen LogP contribution in [0.1, 0.15) is 33.5 Å². The van der Waals surface area contributed by atoms with Crippen LogP contribution in [0, 0.1) is 19.7 Å². The summed E-state index contributed by atoms with van der Waals surface area (Å²) in [5.74, 6) is -0.620. The summed E-state index contributed by atoms with van der Waals surface area (Å²) in [6, 6.07) is 10.3. The highest BCUT2D eigenvalue weighted by atomic mass is 35.5. The predicted octanol–water partition coefficient (Wildman–Crippen LogP) is 4.91. The molecule has 2 rings (SSSR count). The van der Waals surface area contributed by atoms with Crippen molar-refractivity contribution in [2.75, 3.05) is 0 Å². The van der Waals surface area contributed by atoms with Crippen molar-refractivity contribution >= 4 is 17.4 Å². The highest BCUT2D eigenvalue weighted by Crippen LogP contribution is 2.19. The van der Waals surface area contributed by atoms with Gasteiger partial charge in [-0.05, 0) is 55.2 Å². The molecule has 0 bridgehead atoms.